The molecule has 1 N–H and O–H groups in total. The van der Waals surface area contributed by atoms with E-state index in [9.17, 15) is 9.67 Å². The molecule has 1 aliphatic heterocycles. The van der Waals surface area contributed by atoms with Crippen LogP contribution in [0.15, 0.2) is 78.9 Å². The minimum absolute atomic E-state index is 0.157. The highest BCUT2D eigenvalue weighted by molar-refractivity contribution is 7.78. The van der Waals surface area contributed by atoms with E-state index < -0.39 is 13.0 Å². The molecule has 25 heavy (non-hydrogen) atoms. The van der Waals surface area contributed by atoms with Crippen LogP contribution in [-0.2, 0) is 4.57 Å². The van der Waals surface area contributed by atoms with Gasteiger partial charge in [0.15, 0.2) is 18.6 Å². The highest BCUT2D eigenvalue weighted by Gasteiger charge is 2.37. The van der Waals surface area contributed by atoms with Gasteiger partial charge < -0.3 is 19.1 Å². The Hall–Kier alpha value is -2.55. The van der Waals surface area contributed by atoms with E-state index >= 15 is 0 Å². The van der Waals surface area contributed by atoms with E-state index in [4.69, 9.17) is 9.47 Å². The molecule has 3 aromatic rings. The van der Waals surface area contributed by atoms with Crippen LogP contribution in [0.3, 0.4) is 0 Å². The van der Waals surface area contributed by atoms with Crippen molar-refractivity contribution < 1.29 is 19.1 Å². The molecule has 0 spiro atoms. The molecule has 0 aliphatic carbocycles. The molecule has 0 amide bonds. The maximum Gasteiger partial charge on any atom is 0.231 e. The summed E-state index contributed by atoms with van der Waals surface area (Å²) >= 11 is 0. The summed E-state index contributed by atoms with van der Waals surface area (Å²) in [6.07, 6.45) is 0. The lowest BCUT2D eigenvalue weighted by Gasteiger charge is -2.25. The molecule has 0 radical (unpaired) electrons. The number of aliphatic hydroxyl groups is 1. The quantitative estimate of drug-likeness (QED) is 0.731. The van der Waals surface area contributed by atoms with Crippen LogP contribution in [0.4, 0.5) is 0 Å². The van der Waals surface area contributed by atoms with E-state index in [0.717, 1.165) is 0 Å². The molecular formula is C20H17O4P. The third kappa shape index (κ3) is 2.74. The molecule has 4 nitrogen and oxygen atoms in total. The summed E-state index contributed by atoms with van der Waals surface area (Å²) in [6.45, 7) is 0.157. The molecule has 5 heteroatoms. The topological polar surface area (TPSA) is 55.8 Å². The van der Waals surface area contributed by atoms with Crippen LogP contribution in [0.25, 0.3) is 0 Å². The Morgan fingerprint density at radius 2 is 1.36 bits per heavy atom. The summed E-state index contributed by atoms with van der Waals surface area (Å²) in [7, 11) is -3.30. The fourth-order valence-corrected chi connectivity index (χ4v) is 5.69. The number of hydrogen-bond donors (Lipinski definition) is 1. The largest absolute Gasteiger partial charge is 0.454 e. The van der Waals surface area contributed by atoms with E-state index in [1.54, 1.807) is 42.5 Å². The summed E-state index contributed by atoms with van der Waals surface area (Å²) in [5.74, 6) is 0.0150. The molecule has 4 rings (SSSR count). The van der Waals surface area contributed by atoms with E-state index in [1.807, 2.05) is 36.4 Å². The Morgan fingerprint density at radius 1 is 0.800 bits per heavy atom. The number of fused-ring (bicyclic) bond motifs is 1. The lowest BCUT2D eigenvalue weighted by atomic mass is 10.2. The first-order valence-corrected chi connectivity index (χ1v) is 9.76. The van der Waals surface area contributed by atoms with Crippen LogP contribution < -0.4 is 20.1 Å². The zero-order chi connectivity index (χ0) is 17.3. The number of benzene rings is 3. The fourth-order valence-electron chi connectivity index (χ4n) is 3.01. The standard InChI is InChI=1S/C20H17O4P/c21-20(15-11-12-18-19(13-15)24-14-23-18)25(22,16-7-3-1-4-8-16)17-9-5-2-6-10-17/h1-13,20-21H,14H2. The molecule has 0 saturated heterocycles. The van der Waals surface area contributed by atoms with E-state index in [1.165, 1.54) is 0 Å². The van der Waals surface area contributed by atoms with Crippen LogP contribution in [0.1, 0.15) is 11.4 Å². The molecule has 126 valence electrons. The average Bonchev–Trinajstić information content (AvgIpc) is 3.16. The minimum Gasteiger partial charge on any atom is -0.454 e. The van der Waals surface area contributed by atoms with Crippen LogP contribution in [0.5, 0.6) is 11.5 Å². The van der Waals surface area contributed by atoms with E-state index in [0.29, 0.717) is 27.7 Å². The van der Waals surface area contributed by atoms with Gasteiger partial charge in [-0.2, -0.15) is 0 Å². The van der Waals surface area contributed by atoms with Gasteiger partial charge in [0.2, 0.25) is 6.79 Å². The average molecular weight is 352 g/mol. The Labute approximate surface area is 146 Å². The Balaban J connectivity index is 1.85. The van der Waals surface area contributed by atoms with Gasteiger partial charge in [0, 0.05) is 10.6 Å². The zero-order valence-corrected chi connectivity index (χ0v) is 14.3. The highest BCUT2D eigenvalue weighted by atomic mass is 31.2. The first kappa shape index (κ1) is 15.9. The highest BCUT2D eigenvalue weighted by Crippen LogP contribution is 2.56. The Morgan fingerprint density at radius 3 is 1.96 bits per heavy atom. The molecule has 0 saturated carbocycles. The van der Waals surface area contributed by atoms with Crippen LogP contribution in [0, 0.1) is 0 Å². The van der Waals surface area contributed by atoms with Gasteiger partial charge >= 0.3 is 0 Å². The van der Waals surface area contributed by atoms with Crippen molar-refractivity contribution in [1.82, 2.24) is 0 Å². The lowest BCUT2D eigenvalue weighted by molar-refractivity contribution is 0.173. The number of ether oxygens (including phenoxy) is 2. The summed E-state index contributed by atoms with van der Waals surface area (Å²) in [5, 5.41) is 12.4. The van der Waals surface area contributed by atoms with Crippen molar-refractivity contribution in [3.05, 3.63) is 84.4 Å². The Bertz CT molecular complexity index is 881. The molecule has 0 aromatic heterocycles. The van der Waals surface area contributed by atoms with Gasteiger partial charge in [0.25, 0.3) is 0 Å². The molecular weight excluding hydrogens is 335 g/mol. The lowest BCUT2D eigenvalue weighted by Crippen LogP contribution is -2.21. The maximum atomic E-state index is 14.1. The molecule has 3 aromatic carbocycles. The van der Waals surface area contributed by atoms with E-state index in [2.05, 4.69) is 0 Å². The second kappa shape index (κ2) is 6.40. The predicted molar refractivity (Wildman–Crippen MR) is 97.3 cm³/mol. The zero-order valence-electron chi connectivity index (χ0n) is 13.4. The number of aliphatic hydroxyl groups excluding tert-OH is 1. The summed E-state index contributed by atoms with van der Waals surface area (Å²) in [5.41, 5.74) is 0.542. The third-order valence-electron chi connectivity index (χ3n) is 4.32. The maximum absolute atomic E-state index is 14.1. The summed E-state index contributed by atoms with van der Waals surface area (Å²) in [4.78, 5) is 0. The molecule has 1 unspecified atom stereocenters. The van der Waals surface area contributed by atoms with Crippen molar-refractivity contribution in [2.24, 2.45) is 0 Å². The van der Waals surface area contributed by atoms with Gasteiger partial charge in [0.1, 0.15) is 5.85 Å². The van der Waals surface area contributed by atoms with Gasteiger partial charge in [-0.05, 0) is 17.7 Å². The Kier molecular flexibility index (Phi) is 4.08. The molecule has 1 atom stereocenters. The molecule has 1 heterocycles. The summed E-state index contributed by atoms with van der Waals surface area (Å²) in [6, 6.07) is 23.4. The monoisotopic (exact) mass is 352 g/mol. The second-order valence-electron chi connectivity index (χ2n) is 5.82. The van der Waals surface area contributed by atoms with Gasteiger partial charge in [-0.25, -0.2) is 0 Å². The first-order chi connectivity index (χ1) is 12.2. The first-order valence-electron chi connectivity index (χ1n) is 7.98. The molecule has 1 aliphatic rings. The normalized spacial score (nSPS) is 14.3. The second-order valence-corrected chi connectivity index (χ2v) is 8.65. The van der Waals surface area contributed by atoms with Crippen molar-refractivity contribution in [1.29, 1.82) is 0 Å². The van der Waals surface area contributed by atoms with Gasteiger partial charge in [-0.3, -0.25) is 0 Å². The van der Waals surface area contributed by atoms with Crippen molar-refractivity contribution in [3.63, 3.8) is 0 Å². The van der Waals surface area contributed by atoms with Crippen molar-refractivity contribution >= 4 is 17.8 Å². The van der Waals surface area contributed by atoms with Crippen LogP contribution in [0.2, 0.25) is 0 Å². The summed E-state index contributed by atoms with van der Waals surface area (Å²) < 4.78 is 24.8. The third-order valence-corrected chi connectivity index (χ3v) is 7.44. The van der Waals surface area contributed by atoms with Crippen molar-refractivity contribution in [2.75, 3.05) is 6.79 Å². The molecule has 0 fully saturated rings. The fraction of sp³-hybridized carbons (Fsp3) is 0.100. The number of hydrogen-bond acceptors (Lipinski definition) is 4. The van der Waals surface area contributed by atoms with Gasteiger partial charge in [-0.1, -0.05) is 66.7 Å². The van der Waals surface area contributed by atoms with Gasteiger partial charge in [0.05, 0.1) is 0 Å². The van der Waals surface area contributed by atoms with Crippen LogP contribution in [-0.4, -0.2) is 11.9 Å². The van der Waals surface area contributed by atoms with Crippen LogP contribution >= 0.6 is 7.14 Å². The minimum atomic E-state index is -3.30. The predicted octanol–water partition coefficient (Wildman–Crippen LogP) is 3.42. The van der Waals surface area contributed by atoms with E-state index in [-0.39, 0.29) is 6.79 Å². The van der Waals surface area contributed by atoms with Gasteiger partial charge in [-0.15, -0.1) is 0 Å². The van der Waals surface area contributed by atoms with Crippen molar-refractivity contribution in [2.45, 2.75) is 5.85 Å². The molecule has 0 bridgehead atoms. The SMILES string of the molecule is O=P(c1ccccc1)(c1ccccc1)C(O)c1ccc2c(c1)OCO2. The van der Waals surface area contributed by atoms with Crippen molar-refractivity contribution in [3.8, 4) is 11.5 Å². The smallest absolute Gasteiger partial charge is 0.231 e. The number of rotatable bonds is 4.